The lowest BCUT2D eigenvalue weighted by atomic mass is 9.75. The third-order valence-corrected chi connectivity index (χ3v) is 9.30. The first-order valence-corrected chi connectivity index (χ1v) is 15.6. The molecule has 2 amide bonds. The van der Waals surface area contributed by atoms with Crippen LogP contribution >= 0.6 is 0 Å². The summed E-state index contributed by atoms with van der Waals surface area (Å²) < 4.78 is 10.8. The second-order valence-electron chi connectivity index (χ2n) is 12.3. The van der Waals surface area contributed by atoms with E-state index in [4.69, 9.17) is 9.05 Å². The molecule has 8 heteroatoms. The molecular weight excluding hydrogens is 540 g/mol. The van der Waals surface area contributed by atoms with Crippen molar-refractivity contribution in [2.75, 3.05) is 0 Å². The van der Waals surface area contributed by atoms with Gasteiger partial charge in [0.1, 0.15) is 34.0 Å². The van der Waals surface area contributed by atoms with Gasteiger partial charge in [0.2, 0.25) is 0 Å². The van der Waals surface area contributed by atoms with E-state index in [1.54, 1.807) is 13.8 Å². The normalized spacial score (nSPS) is 22.2. The Morgan fingerprint density at radius 1 is 0.628 bits per heavy atom. The van der Waals surface area contributed by atoms with Crippen molar-refractivity contribution in [2.24, 2.45) is 11.8 Å². The number of nitrogens with zero attached hydrogens (tertiary/aromatic N) is 2. The molecule has 2 heterocycles. The summed E-state index contributed by atoms with van der Waals surface area (Å²) in [4.78, 5) is 26.5. The number of hydrogen-bond donors (Lipinski definition) is 2. The molecule has 2 aliphatic carbocycles. The fourth-order valence-electron chi connectivity index (χ4n) is 6.94. The highest BCUT2D eigenvalue weighted by Gasteiger charge is 2.31. The molecular formula is C35H40N4O4. The predicted molar refractivity (Wildman–Crippen MR) is 164 cm³/mol. The monoisotopic (exact) mass is 580 g/mol. The summed E-state index contributed by atoms with van der Waals surface area (Å²) in [5, 5.41) is 14.9. The Kier molecular flexibility index (Phi) is 8.72. The summed E-state index contributed by atoms with van der Waals surface area (Å²) in [7, 11) is 0. The standard InChI is InChI=1S/C35H40N4O4/c1-22-30(32(38-42-22)26-9-5-3-6-10-26)34(40)36-28-17-13-24(14-18-28)21-25-15-19-29(20-16-25)37-35(41)31-23(2)43-39-33(31)27-11-7-4-8-12-27/h3-12,24-25,28-29H,13-21H2,1-2H3,(H,36,40)(H,37,41). The number of amides is 2. The van der Waals surface area contributed by atoms with Crippen LogP contribution in [0.25, 0.3) is 22.5 Å². The number of carbonyl (C=O) groups excluding carboxylic acids is 2. The Bertz CT molecular complexity index is 1410. The van der Waals surface area contributed by atoms with Gasteiger partial charge in [-0.05, 0) is 83.5 Å². The van der Waals surface area contributed by atoms with E-state index in [1.807, 2.05) is 60.7 Å². The van der Waals surface area contributed by atoms with E-state index in [0.717, 1.165) is 62.5 Å². The third kappa shape index (κ3) is 6.58. The smallest absolute Gasteiger partial charge is 0.257 e. The van der Waals surface area contributed by atoms with Gasteiger partial charge < -0.3 is 19.7 Å². The van der Waals surface area contributed by atoms with E-state index in [9.17, 15) is 9.59 Å². The van der Waals surface area contributed by atoms with E-state index < -0.39 is 0 Å². The van der Waals surface area contributed by atoms with Crippen LogP contribution in [0.3, 0.4) is 0 Å². The van der Waals surface area contributed by atoms with E-state index in [2.05, 4.69) is 20.9 Å². The molecule has 0 saturated heterocycles. The van der Waals surface area contributed by atoms with Crippen molar-refractivity contribution < 1.29 is 18.6 Å². The third-order valence-electron chi connectivity index (χ3n) is 9.30. The summed E-state index contributed by atoms with van der Waals surface area (Å²) in [6.07, 6.45) is 9.73. The molecule has 0 atom stereocenters. The molecule has 2 N–H and O–H groups in total. The summed E-state index contributed by atoms with van der Waals surface area (Å²) in [6.45, 7) is 3.59. The van der Waals surface area contributed by atoms with Crippen LogP contribution in [0.15, 0.2) is 69.7 Å². The van der Waals surface area contributed by atoms with Crippen molar-refractivity contribution in [2.45, 2.75) is 83.7 Å². The van der Waals surface area contributed by atoms with Crippen LogP contribution in [0.4, 0.5) is 0 Å². The number of aromatic nitrogens is 2. The summed E-state index contributed by atoms with van der Waals surface area (Å²) >= 11 is 0. The first-order chi connectivity index (χ1) is 21.0. The van der Waals surface area contributed by atoms with Crippen LogP contribution in [-0.4, -0.2) is 34.2 Å². The van der Waals surface area contributed by atoms with Gasteiger partial charge in [-0.1, -0.05) is 71.0 Å². The Morgan fingerprint density at radius 2 is 1.00 bits per heavy atom. The number of nitrogens with one attached hydrogen (secondary N) is 2. The van der Waals surface area contributed by atoms with Crippen molar-refractivity contribution in [1.29, 1.82) is 0 Å². The van der Waals surface area contributed by atoms with Gasteiger partial charge in [-0.3, -0.25) is 9.59 Å². The molecule has 2 aliphatic rings. The Hall–Kier alpha value is -4.20. The van der Waals surface area contributed by atoms with Crippen LogP contribution in [0.1, 0.15) is 90.0 Å². The van der Waals surface area contributed by atoms with Crippen LogP contribution in [0.2, 0.25) is 0 Å². The zero-order chi connectivity index (χ0) is 29.8. The maximum atomic E-state index is 13.2. The number of carbonyl (C=O) groups is 2. The molecule has 0 unspecified atom stereocenters. The molecule has 2 aromatic carbocycles. The summed E-state index contributed by atoms with van der Waals surface area (Å²) in [6, 6.07) is 19.8. The highest BCUT2D eigenvalue weighted by Crippen LogP contribution is 2.36. The van der Waals surface area contributed by atoms with E-state index in [0.29, 0.717) is 45.9 Å². The molecule has 0 bridgehead atoms. The maximum absolute atomic E-state index is 13.2. The van der Waals surface area contributed by atoms with Crippen molar-refractivity contribution in [1.82, 2.24) is 20.9 Å². The predicted octanol–water partition coefficient (Wildman–Crippen LogP) is 7.28. The second kappa shape index (κ2) is 13.0. The van der Waals surface area contributed by atoms with Crippen LogP contribution in [-0.2, 0) is 0 Å². The molecule has 0 radical (unpaired) electrons. The molecule has 0 spiro atoms. The fourth-order valence-corrected chi connectivity index (χ4v) is 6.94. The number of rotatable bonds is 8. The molecule has 2 aromatic heterocycles. The lowest BCUT2D eigenvalue weighted by Crippen LogP contribution is -2.39. The molecule has 224 valence electrons. The topological polar surface area (TPSA) is 110 Å². The van der Waals surface area contributed by atoms with E-state index in [-0.39, 0.29) is 23.9 Å². The Morgan fingerprint density at radius 3 is 1.37 bits per heavy atom. The molecule has 43 heavy (non-hydrogen) atoms. The molecule has 0 aliphatic heterocycles. The van der Waals surface area contributed by atoms with E-state index >= 15 is 0 Å². The molecule has 2 saturated carbocycles. The molecule has 6 rings (SSSR count). The van der Waals surface area contributed by atoms with Gasteiger partial charge in [0, 0.05) is 23.2 Å². The van der Waals surface area contributed by atoms with Gasteiger partial charge in [0.15, 0.2) is 0 Å². The van der Waals surface area contributed by atoms with Crippen molar-refractivity contribution in [3.8, 4) is 22.5 Å². The highest BCUT2D eigenvalue weighted by atomic mass is 16.5. The first-order valence-electron chi connectivity index (χ1n) is 15.6. The Labute approximate surface area is 252 Å². The van der Waals surface area contributed by atoms with Gasteiger partial charge in [-0.2, -0.15) is 0 Å². The van der Waals surface area contributed by atoms with Crippen molar-refractivity contribution >= 4 is 11.8 Å². The summed E-state index contributed by atoms with van der Waals surface area (Å²) in [5.74, 6) is 2.27. The SMILES string of the molecule is Cc1onc(-c2ccccc2)c1C(=O)NC1CCC(CC2CCC(NC(=O)c3c(-c4ccccc4)noc3C)CC2)CC1. The van der Waals surface area contributed by atoms with Crippen LogP contribution in [0, 0.1) is 25.7 Å². The van der Waals surface area contributed by atoms with E-state index in [1.165, 1.54) is 6.42 Å². The van der Waals surface area contributed by atoms with Crippen molar-refractivity contribution in [3.63, 3.8) is 0 Å². The molecule has 2 fully saturated rings. The minimum atomic E-state index is -0.0984. The summed E-state index contributed by atoms with van der Waals surface area (Å²) in [5.41, 5.74) is 4.04. The lowest BCUT2D eigenvalue weighted by molar-refractivity contribution is 0.0917. The highest BCUT2D eigenvalue weighted by molar-refractivity contribution is 6.01. The first kappa shape index (κ1) is 28.9. The van der Waals surface area contributed by atoms with Gasteiger partial charge >= 0.3 is 0 Å². The van der Waals surface area contributed by atoms with Crippen LogP contribution < -0.4 is 10.6 Å². The number of benzene rings is 2. The van der Waals surface area contributed by atoms with Gasteiger partial charge in [-0.25, -0.2) is 0 Å². The largest absolute Gasteiger partial charge is 0.360 e. The quantitative estimate of drug-likeness (QED) is 0.227. The zero-order valence-electron chi connectivity index (χ0n) is 25.0. The lowest BCUT2D eigenvalue weighted by Gasteiger charge is -2.34. The fraction of sp³-hybridized carbons (Fsp3) is 0.429. The van der Waals surface area contributed by atoms with Crippen molar-refractivity contribution in [3.05, 3.63) is 83.3 Å². The molecule has 8 nitrogen and oxygen atoms in total. The minimum absolute atomic E-state index is 0.0984. The van der Waals surface area contributed by atoms with Crippen LogP contribution in [0.5, 0.6) is 0 Å². The minimum Gasteiger partial charge on any atom is -0.360 e. The average molecular weight is 581 g/mol. The second-order valence-corrected chi connectivity index (χ2v) is 12.3. The zero-order valence-corrected chi connectivity index (χ0v) is 25.0. The number of aryl methyl sites for hydroxylation is 2. The van der Waals surface area contributed by atoms with Gasteiger partial charge in [0.25, 0.3) is 11.8 Å². The molecule has 4 aromatic rings. The Balaban J connectivity index is 0.953. The number of hydrogen-bond acceptors (Lipinski definition) is 6. The van der Waals surface area contributed by atoms with Gasteiger partial charge in [0.05, 0.1) is 0 Å². The maximum Gasteiger partial charge on any atom is 0.257 e. The average Bonchev–Trinajstić information content (AvgIpc) is 3.62. The van der Waals surface area contributed by atoms with Gasteiger partial charge in [-0.15, -0.1) is 0 Å².